The predicted molar refractivity (Wildman–Crippen MR) is 102 cm³/mol. The van der Waals surface area contributed by atoms with E-state index < -0.39 is 12.7 Å². The Hall–Kier alpha value is -1.11. The molecule has 0 aromatic carbocycles. The smallest absolute Gasteiger partial charge is 0.349 e. The molecule has 1 aromatic rings. The zero-order chi connectivity index (χ0) is 18.4. The minimum absolute atomic E-state index is 0. The first-order valence-corrected chi connectivity index (χ1v) is 8.34. The summed E-state index contributed by atoms with van der Waals surface area (Å²) in [6.45, 7) is 5.28. The Morgan fingerprint density at radius 3 is 2.73 bits per heavy atom. The lowest BCUT2D eigenvalue weighted by molar-refractivity contribution is -0.146. The maximum absolute atomic E-state index is 12.6. The molecule has 0 saturated carbocycles. The number of aryl methyl sites for hydroxylation is 1. The third-order valence-electron chi connectivity index (χ3n) is 4.14. The van der Waals surface area contributed by atoms with Crippen LogP contribution in [-0.4, -0.2) is 71.8 Å². The molecule has 0 aliphatic carbocycles. The van der Waals surface area contributed by atoms with Crippen LogP contribution >= 0.6 is 24.0 Å². The fourth-order valence-electron chi connectivity index (χ4n) is 3.00. The first-order valence-electron chi connectivity index (χ1n) is 8.34. The molecule has 1 aliphatic heterocycles. The van der Waals surface area contributed by atoms with Crippen LogP contribution in [0.3, 0.4) is 0 Å². The van der Waals surface area contributed by atoms with Gasteiger partial charge < -0.3 is 14.7 Å². The lowest BCUT2D eigenvalue weighted by Gasteiger charge is -2.26. The van der Waals surface area contributed by atoms with Crippen molar-refractivity contribution >= 4 is 29.9 Å². The highest BCUT2D eigenvalue weighted by Gasteiger charge is 2.33. The van der Waals surface area contributed by atoms with Gasteiger partial charge in [0.05, 0.1) is 13.1 Å². The third-order valence-corrected chi connectivity index (χ3v) is 4.14. The van der Waals surface area contributed by atoms with Gasteiger partial charge in [0.2, 0.25) is 5.89 Å². The van der Waals surface area contributed by atoms with E-state index in [1.165, 1.54) is 4.90 Å². The SMILES string of the molecule is CCN(CC1CCN(C(=NC)NCc2noc(C)n2)C1)CC(F)(F)F.I. The highest BCUT2D eigenvalue weighted by Crippen LogP contribution is 2.21. The van der Waals surface area contributed by atoms with E-state index in [9.17, 15) is 13.2 Å². The lowest BCUT2D eigenvalue weighted by Crippen LogP contribution is -2.41. The van der Waals surface area contributed by atoms with Crippen molar-refractivity contribution in [1.82, 2.24) is 25.3 Å². The van der Waals surface area contributed by atoms with Crippen molar-refractivity contribution in [3.8, 4) is 0 Å². The maximum Gasteiger partial charge on any atom is 0.401 e. The van der Waals surface area contributed by atoms with E-state index in [0.717, 1.165) is 13.0 Å². The first-order chi connectivity index (χ1) is 11.8. The van der Waals surface area contributed by atoms with Crippen molar-refractivity contribution in [2.45, 2.75) is 33.0 Å². The highest BCUT2D eigenvalue weighted by atomic mass is 127. The summed E-state index contributed by atoms with van der Waals surface area (Å²) in [5.41, 5.74) is 0. The summed E-state index contributed by atoms with van der Waals surface area (Å²) in [4.78, 5) is 11.9. The summed E-state index contributed by atoms with van der Waals surface area (Å²) in [5.74, 6) is 1.92. The van der Waals surface area contributed by atoms with Crippen LogP contribution in [0.5, 0.6) is 0 Å². The van der Waals surface area contributed by atoms with Gasteiger partial charge >= 0.3 is 6.18 Å². The van der Waals surface area contributed by atoms with Crippen LogP contribution in [-0.2, 0) is 6.54 Å². The summed E-state index contributed by atoms with van der Waals surface area (Å²) >= 11 is 0. The van der Waals surface area contributed by atoms with E-state index in [2.05, 4.69) is 25.3 Å². The average molecular weight is 490 g/mol. The van der Waals surface area contributed by atoms with Gasteiger partial charge in [0.15, 0.2) is 11.8 Å². The van der Waals surface area contributed by atoms with Gasteiger partial charge in [0, 0.05) is 33.6 Å². The Morgan fingerprint density at radius 2 is 2.19 bits per heavy atom. The van der Waals surface area contributed by atoms with E-state index in [1.54, 1.807) is 20.9 Å². The molecule has 0 spiro atoms. The van der Waals surface area contributed by atoms with E-state index >= 15 is 0 Å². The Labute approximate surface area is 168 Å². The number of hydrogen-bond acceptors (Lipinski definition) is 5. The minimum atomic E-state index is -4.16. The normalized spacial score (nSPS) is 18.3. The number of halogens is 4. The van der Waals surface area contributed by atoms with E-state index in [4.69, 9.17) is 4.52 Å². The molecular weight excluding hydrogens is 464 g/mol. The number of aromatic nitrogens is 2. The van der Waals surface area contributed by atoms with Crippen molar-refractivity contribution in [3.63, 3.8) is 0 Å². The highest BCUT2D eigenvalue weighted by molar-refractivity contribution is 14.0. The molecule has 1 unspecified atom stereocenters. The fraction of sp³-hybridized carbons (Fsp3) is 0.800. The predicted octanol–water partition coefficient (Wildman–Crippen LogP) is 2.28. The van der Waals surface area contributed by atoms with Crippen LogP contribution < -0.4 is 5.32 Å². The molecule has 0 radical (unpaired) electrons. The second kappa shape index (κ2) is 10.3. The molecule has 1 fully saturated rings. The molecule has 2 rings (SSSR count). The monoisotopic (exact) mass is 490 g/mol. The Balaban J connectivity index is 0.00000338. The zero-order valence-electron chi connectivity index (χ0n) is 15.2. The topological polar surface area (TPSA) is 69.8 Å². The zero-order valence-corrected chi connectivity index (χ0v) is 17.5. The molecule has 11 heteroatoms. The summed E-state index contributed by atoms with van der Waals surface area (Å²) in [7, 11) is 1.68. The largest absolute Gasteiger partial charge is 0.401 e. The number of guanidine groups is 1. The van der Waals surface area contributed by atoms with Gasteiger partial charge in [-0.25, -0.2) is 0 Å². The molecular formula is C15H26F3IN6O. The molecule has 7 nitrogen and oxygen atoms in total. The van der Waals surface area contributed by atoms with Gasteiger partial charge in [-0.2, -0.15) is 18.2 Å². The number of rotatable bonds is 6. The molecule has 0 amide bonds. The molecule has 150 valence electrons. The van der Waals surface area contributed by atoms with Crippen LogP contribution in [0.1, 0.15) is 25.1 Å². The van der Waals surface area contributed by atoms with Crippen molar-refractivity contribution in [2.75, 3.05) is 39.8 Å². The molecule has 0 bridgehead atoms. The van der Waals surface area contributed by atoms with Gasteiger partial charge in [0.25, 0.3) is 0 Å². The second-order valence-electron chi connectivity index (χ2n) is 6.17. The van der Waals surface area contributed by atoms with Crippen LogP contribution in [0.4, 0.5) is 13.2 Å². The van der Waals surface area contributed by atoms with Crippen LogP contribution in [0.15, 0.2) is 9.52 Å². The first kappa shape index (κ1) is 22.9. The number of hydrogen-bond donors (Lipinski definition) is 1. The van der Waals surface area contributed by atoms with Crippen molar-refractivity contribution < 1.29 is 17.7 Å². The molecule has 1 aromatic heterocycles. The summed E-state index contributed by atoms with van der Waals surface area (Å²) in [6, 6.07) is 0. The molecule has 26 heavy (non-hydrogen) atoms. The quantitative estimate of drug-likeness (QED) is 0.375. The summed E-state index contributed by atoms with van der Waals surface area (Å²) < 4.78 is 42.7. The molecule has 1 N–H and O–H groups in total. The molecule has 1 aliphatic rings. The molecule has 1 saturated heterocycles. The summed E-state index contributed by atoms with van der Waals surface area (Å²) in [6.07, 6.45) is -3.31. The van der Waals surface area contributed by atoms with Gasteiger partial charge in [-0.1, -0.05) is 12.1 Å². The number of nitrogens with one attached hydrogen (secondary N) is 1. The summed E-state index contributed by atoms with van der Waals surface area (Å²) in [5, 5.41) is 6.98. The van der Waals surface area contributed by atoms with Crippen LogP contribution in [0, 0.1) is 12.8 Å². The number of likely N-dealkylation sites (tertiary alicyclic amines) is 1. The van der Waals surface area contributed by atoms with Gasteiger partial charge in [-0.05, 0) is 18.9 Å². The fourth-order valence-corrected chi connectivity index (χ4v) is 3.00. The van der Waals surface area contributed by atoms with Gasteiger partial charge in [0.1, 0.15) is 0 Å². The lowest BCUT2D eigenvalue weighted by atomic mass is 10.1. The van der Waals surface area contributed by atoms with E-state index in [-0.39, 0.29) is 29.9 Å². The maximum atomic E-state index is 12.6. The Bertz CT molecular complexity index is 580. The van der Waals surface area contributed by atoms with Crippen molar-refractivity contribution in [3.05, 3.63) is 11.7 Å². The van der Waals surface area contributed by atoms with Crippen LogP contribution in [0.2, 0.25) is 0 Å². The third kappa shape index (κ3) is 7.25. The Kier molecular flexibility index (Phi) is 9.07. The van der Waals surface area contributed by atoms with Crippen molar-refractivity contribution in [1.29, 1.82) is 0 Å². The second-order valence-corrected chi connectivity index (χ2v) is 6.17. The van der Waals surface area contributed by atoms with Gasteiger partial charge in [-0.3, -0.25) is 9.89 Å². The van der Waals surface area contributed by atoms with Gasteiger partial charge in [-0.15, -0.1) is 24.0 Å². The van der Waals surface area contributed by atoms with Crippen LogP contribution in [0.25, 0.3) is 0 Å². The molecule has 2 heterocycles. The number of nitrogens with zero attached hydrogens (tertiary/aromatic N) is 5. The average Bonchev–Trinajstić information content (AvgIpc) is 3.15. The van der Waals surface area contributed by atoms with E-state index in [1.807, 2.05) is 0 Å². The Morgan fingerprint density at radius 1 is 1.46 bits per heavy atom. The van der Waals surface area contributed by atoms with Crippen molar-refractivity contribution in [2.24, 2.45) is 10.9 Å². The molecule has 1 atom stereocenters. The van der Waals surface area contributed by atoms with E-state index in [0.29, 0.717) is 43.9 Å². The minimum Gasteiger partial charge on any atom is -0.349 e. The number of alkyl halides is 3. The number of aliphatic imine (C=N–C) groups is 1. The standard InChI is InChI=1S/C15H25F3N6O.HI/c1-4-23(10-15(16,17)18)8-12-5-6-24(9-12)14(19-3)20-7-13-21-11(2)25-22-13;/h12H,4-10H2,1-3H3,(H,19,20);1H.